The maximum Gasteiger partial charge on any atom is 0.223 e. The van der Waals surface area contributed by atoms with Gasteiger partial charge in [0.15, 0.2) is 0 Å². The van der Waals surface area contributed by atoms with E-state index in [1.165, 1.54) is 0 Å². The van der Waals surface area contributed by atoms with E-state index in [0.717, 1.165) is 24.6 Å². The summed E-state index contributed by atoms with van der Waals surface area (Å²) in [5.41, 5.74) is 0.965. The molecule has 22 heavy (non-hydrogen) atoms. The van der Waals surface area contributed by atoms with E-state index in [0.29, 0.717) is 19.4 Å². The Morgan fingerprint density at radius 1 is 1.32 bits per heavy atom. The van der Waals surface area contributed by atoms with E-state index >= 15 is 0 Å². The maximum atomic E-state index is 12.4. The fraction of sp³-hybridized carbons (Fsp3) is 0.438. The van der Waals surface area contributed by atoms with E-state index in [-0.39, 0.29) is 11.9 Å². The van der Waals surface area contributed by atoms with Crippen molar-refractivity contribution in [2.24, 2.45) is 0 Å². The second kappa shape index (κ2) is 6.70. The van der Waals surface area contributed by atoms with Gasteiger partial charge in [0.05, 0.1) is 6.04 Å². The van der Waals surface area contributed by atoms with E-state index in [2.05, 4.69) is 26.9 Å². The first kappa shape index (κ1) is 14.7. The molecule has 1 fully saturated rings. The summed E-state index contributed by atoms with van der Waals surface area (Å²) in [5, 5.41) is 0. The van der Waals surface area contributed by atoms with Crippen molar-refractivity contribution in [1.29, 1.82) is 0 Å². The molecular formula is C16H21N5O. The standard InChI is InChI=1S/C16H21N5O/c1-20-10-11-21(12-14(20)16-18-8-9-19-16)15(22)6-5-13-4-2-3-7-17-13/h2-4,7-9,14H,5-6,10-12H2,1H3,(H,18,19)/t14-/m0/s1. The number of carbonyl (C=O) groups is 1. The lowest BCUT2D eigenvalue weighted by molar-refractivity contribution is -0.134. The van der Waals surface area contributed by atoms with Crippen LogP contribution in [0.1, 0.15) is 24.0 Å². The Morgan fingerprint density at radius 2 is 2.23 bits per heavy atom. The first-order valence-corrected chi connectivity index (χ1v) is 7.61. The number of carbonyl (C=O) groups excluding carboxylic acids is 1. The van der Waals surface area contributed by atoms with Crippen molar-refractivity contribution >= 4 is 5.91 Å². The molecule has 116 valence electrons. The van der Waals surface area contributed by atoms with Crippen LogP contribution >= 0.6 is 0 Å². The van der Waals surface area contributed by atoms with Gasteiger partial charge >= 0.3 is 0 Å². The van der Waals surface area contributed by atoms with Crippen molar-refractivity contribution in [1.82, 2.24) is 24.8 Å². The number of likely N-dealkylation sites (N-methyl/N-ethyl adjacent to an activating group) is 1. The molecule has 0 saturated carbocycles. The second-order valence-corrected chi connectivity index (χ2v) is 5.63. The number of imidazole rings is 1. The second-order valence-electron chi connectivity index (χ2n) is 5.63. The Labute approximate surface area is 130 Å². The lowest BCUT2D eigenvalue weighted by Gasteiger charge is -2.38. The van der Waals surface area contributed by atoms with Crippen molar-refractivity contribution < 1.29 is 4.79 Å². The predicted molar refractivity (Wildman–Crippen MR) is 83.1 cm³/mol. The molecule has 1 aliphatic heterocycles. The van der Waals surface area contributed by atoms with Crippen LogP contribution in [0.5, 0.6) is 0 Å². The van der Waals surface area contributed by atoms with E-state index in [9.17, 15) is 4.79 Å². The molecule has 2 aromatic heterocycles. The lowest BCUT2D eigenvalue weighted by atomic mass is 10.1. The van der Waals surface area contributed by atoms with Crippen LogP contribution in [0.25, 0.3) is 0 Å². The molecule has 1 amide bonds. The molecule has 0 unspecified atom stereocenters. The normalized spacial score (nSPS) is 19.3. The summed E-state index contributed by atoms with van der Waals surface area (Å²) in [6.45, 7) is 2.32. The summed E-state index contributed by atoms with van der Waals surface area (Å²) in [7, 11) is 2.07. The molecule has 6 heteroatoms. The van der Waals surface area contributed by atoms with Gasteiger partial charge in [0.2, 0.25) is 5.91 Å². The Hall–Kier alpha value is -2.21. The van der Waals surface area contributed by atoms with Gasteiger partial charge in [-0.1, -0.05) is 6.07 Å². The first-order valence-electron chi connectivity index (χ1n) is 7.61. The number of hydrogen-bond donors (Lipinski definition) is 1. The summed E-state index contributed by atoms with van der Waals surface area (Å²) in [6.07, 6.45) is 6.54. The van der Waals surface area contributed by atoms with E-state index < -0.39 is 0 Å². The molecule has 1 aliphatic rings. The van der Waals surface area contributed by atoms with Crippen molar-refractivity contribution in [2.75, 3.05) is 26.7 Å². The Balaban J connectivity index is 1.58. The average molecular weight is 299 g/mol. The van der Waals surface area contributed by atoms with Crippen molar-refractivity contribution in [3.05, 3.63) is 48.3 Å². The van der Waals surface area contributed by atoms with Crippen LogP contribution in [0.2, 0.25) is 0 Å². The monoisotopic (exact) mass is 299 g/mol. The molecule has 3 rings (SSSR count). The number of rotatable bonds is 4. The third-order valence-corrected chi connectivity index (χ3v) is 4.16. The Morgan fingerprint density at radius 3 is 2.95 bits per heavy atom. The highest BCUT2D eigenvalue weighted by atomic mass is 16.2. The minimum Gasteiger partial charge on any atom is -0.347 e. The van der Waals surface area contributed by atoms with Crippen LogP contribution in [-0.4, -0.2) is 57.3 Å². The van der Waals surface area contributed by atoms with Gasteiger partial charge < -0.3 is 9.88 Å². The third-order valence-electron chi connectivity index (χ3n) is 4.16. The summed E-state index contributed by atoms with van der Waals surface area (Å²) in [5.74, 6) is 1.11. The first-order chi connectivity index (χ1) is 10.7. The topological polar surface area (TPSA) is 65.1 Å². The van der Waals surface area contributed by atoms with Crippen LogP contribution in [-0.2, 0) is 11.2 Å². The highest BCUT2D eigenvalue weighted by Crippen LogP contribution is 2.21. The summed E-state index contributed by atoms with van der Waals surface area (Å²) < 4.78 is 0. The van der Waals surface area contributed by atoms with Gasteiger partial charge in [-0.3, -0.25) is 14.7 Å². The van der Waals surface area contributed by atoms with Crippen LogP contribution in [0.3, 0.4) is 0 Å². The molecule has 0 aliphatic carbocycles. The third kappa shape index (κ3) is 3.33. The van der Waals surface area contributed by atoms with E-state index in [1.54, 1.807) is 12.4 Å². The zero-order valence-corrected chi connectivity index (χ0v) is 12.8. The highest BCUT2D eigenvalue weighted by Gasteiger charge is 2.29. The van der Waals surface area contributed by atoms with Gasteiger partial charge in [-0.2, -0.15) is 0 Å². The van der Waals surface area contributed by atoms with Gasteiger partial charge in [0.25, 0.3) is 0 Å². The minimum absolute atomic E-state index is 0.141. The van der Waals surface area contributed by atoms with Crippen molar-refractivity contribution in [2.45, 2.75) is 18.9 Å². The zero-order valence-electron chi connectivity index (χ0n) is 12.8. The smallest absolute Gasteiger partial charge is 0.223 e. The number of aromatic amines is 1. The summed E-state index contributed by atoms with van der Waals surface area (Å²) in [4.78, 5) is 28.4. The van der Waals surface area contributed by atoms with Crippen LogP contribution < -0.4 is 0 Å². The predicted octanol–water partition coefficient (Wildman–Crippen LogP) is 1.25. The number of nitrogens with one attached hydrogen (secondary N) is 1. The molecule has 0 radical (unpaired) electrons. The Bertz CT molecular complexity index is 598. The number of nitrogens with zero attached hydrogens (tertiary/aromatic N) is 4. The Kier molecular flexibility index (Phi) is 4.48. The molecule has 6 nitrogen and oxygen atoms in total. The molecule has 0 spiro atoms. The fourth-order valence-electron chi connectivity index (χ4n) is 2.79. The molecule has 0 bridgehead atoms. The quantitative estimate of drug-likeness (QED) is 0.923. The summed E-state index contributed by atoms with van der Waals surface area (Å²) >= 11 is 0. The van der Waals surface area contributed by atoms with Crippen LogP contribution in [0, 0.1) is 0 Å². The SMILES string of the molecule is CN1CCN(C(=O)CCc2ccccn2)C[C@H]1c1ncc[nH]1. The number of aryl methyl sites for hydroxylation is 1. The van der Waals surface area contributed by atoms with Gasteiger partial charge in [-0.05, 0) is 25.6 Å². The minimum atomic E-state index is 0.141. The van der Waals surface area contributed by atoms with Gasteiger partial charge in [0.1, 0.15) is 5.82 Å². The van der Waals surface area contributed by atoms with E-state index in [1.807, 2.05) is 29.3 Å². The van der Waals surface area contributed by atoms with Gasteiger partial charge in [-0.15, -0.1) is 0 Å². The maximum absolute atomic E-state index is 12.4. The van der Waals surface area contributed by atoms with Crippen LogP contribution in [0.4, 0.5) is 0 Å². The molecule has 3 heterocycles. The summed E-state index contributed by atoms with van der Waals surface area (Å²) in [6, 6.07) is 5.95. The number of piperazine rings is 1. The molecule has 1 saturated heterocycles. The number of hydrogen-bond acceptors (Lipinski definition) is 4. The molecule has 1 atom stereocenters. The number of amides is 1. The zero-order chi connectivity index (χ0) is 15.4. The fourth-order valence-corrected chi connectivity index (χ4v) is 2.79. The highest BCUT2D eigenvalue weighted by molar-refractivity contribution is 5.76. The van der Waals surface area contributed by atoms with E-state index in [4.69, 9.17) is 0 Å². The number of aromatic nitrogens is 3. The molecule has 2 aromatic rings. The molecule has 0 aromatic carbocycles. The number of H-pyrrole nitrogens is 1. The van der Waals surface area contributed by atoms with Crippen LogP contribution in [0.15, 0.2) is 36.8 Å². The van der Waals surface area contributed by atoms with Gasteiger partial charge in [-0.25, -0.2) is 4.98 Å². The lowest BCUT2D eigenvalue weighted by Crippen LogP contribution is -2.49. The largest absolute Gasteiger partial charge is 0.347 e. The molecular weight excluding hydrogens is 278 g/mol. The molecule has 1 N–H and O–H groups in total. The number of pyridine rings is 1. The average Bonchev–Trinajstić information content (AvgIpc) is 3.08. The van der Waals surface area contributed by atoms with Crippen molar-refractivity contribution in [3.8, 4) is 0 Å². The van der Waals surface area contributed by atoms with Crippen molar-refractivity contribution in [3.63, 3.8) is 0 Å². The van der Waals surface area contributed by atoms with Gasteiger partial charge in [0, 0.05) is 50.3 Å².